The molecule has 0 saturated carbocycles. The first-order valence-electron chi connectivity index (χ1n) is 6.06. The van der Waals surface area contributed by atoms with Gasteiger partial charge in [-0.05, 0) is 32.9 Å². The maximum absolute atomic E-state index is 12.7. The Morgan fingerprint density at radius 3 is 2.25 bits per heavy atom. The monoisotopic (exact) mass is 303 g/mol. The fourth-order valence-electron chi connectivity index (χ4n) is 1.45. The van der Waals surface area contributed by atoms with Gasteiger partial charge in [-0.25, -0.2) is 4.79 Å². The molecular formula is C13H18FNO4S. The Balaban J connectivity index is 2.93. The van der Waals surface area contributed by atoms with Crippen LogP contribution < -0.4 is 4.90 Å². The van der Waals surface area contributed by atoms with Crippen LogP contribution in [0.1, 0.15) is 20.8 Å². The molecule has 1 aromatic rings. The van der Waals surface area contributed by atoms with Crippen molar-refractivity contribution in [3.05, 3.63) is 30.3 Å². The van der Waals surface area contributed by atoms with E-state index in [1.165, 1.54) is 0 Å². The molecule has 1 amide bonds. The number of para-hydroxylation sites is 1. The molecule has 112 valence electrons. The molecule has 0 radical (unpaired) electrons. The molecule has 1 aromatic carbocycles. The molecule has 20 heavy (non-hydrogen) atoms. The summed E-state index contributed by atoms with van der Waals surface area (Å²) in [6.07, 6.45) is -0.715. The summed E-state index contributed by atoms with van der Waals surface area (Å²) in [6.45, 7) is 4.78. The Morgan fingerprint density at radius 1 is 1.25 bits per heavy atom. The first-order chi connectivity index (χ1) is 9.08. The third-order valence-electron chi connectivity index (χ3n) is 2.24. The molecule has 0 heterocycles. The zero-order valence-electron chi connectivity index (χ0n) is 11.7. The number of hydrogen-bond donors (Lipinski definition) is 0. The normalized spacial score (nSPS) is 12.0. The number of nitrogens with zero attached hydrogens (tertiary/aromatic N) is 1. The average Bonchev–Trinajstić information content (AvgIpc) is 2.26. The van der Waals surface area contributed by atoms with Crippen LogP contribution in [0, 0.1) is 0 Å². The van der Waals surface area contributed by atoms with Gasteiger partial charge in [0.2, 0.25) is 0 Å². The van der Waals surface area contributed by atoms with Crippen LogP contribution in [0.4, 0.5) is 14.4 Å². The number of anilines is 1. The highest BCUT2D eigenvalue weighted by molar-refractivity contribution is 7.86. The van der Waals surface area contributed by atoms with Crippen LogP contribution in [0.25, 0.3) is 0 Å². The number of amides is 1. The largest absolute Gasteiger partial charge is 0.443 e. The van der Waals surface area contributed by atoms with Crippen molar-refractivity contribution in [2.45, 2.75) is 26.4 Å². The summed E-state index contributed by atoms with van der Waals surface area (Å²) in [5, 5.41) is 0. The summed E-state index contributed by atoms with van der Waals surface area (Å²) in [4.78, 5) is 13.2. The third-order valence-corrected chi connectivity index (χ3v) is 2.91. The quantitative estimate of drug-likeness (QED) is 0.802. The SMILES string of the molecule is CC(C)(C)OC(=O)N(CCS(=O)(=O)F)c1ccccc1. The Kier molecular flexibility index (Phi) is 5.10. The van der Waals surface area contributed by atoms with Gasteiger partial charge in [-0.15, -0.1) is 3.89 Å². The first-order valence-corrected chi connectivity index (χ1v) is 7.62. The van der Waals surface area contributed by atoms with E-state index in [2.05, 4.69) is 0 Å². The van der Waals surface area contributed by atoms with Crippen LogP contribution in [0.15, 0.2) is 30.3 Å². The maximum atomic E-state index is 12.7. The zero-order valence-corrected chi connectivity index (χ0v) is 12.5. The fraction of sp³-hybridized carbons (Fsp3) is 0.462. The number of carbonyl (C=O) groups excluding carboxylic acids is 1. The van der Waals surface area contributed by atoms with Gasteiger partial charge in [0.15, 0.2) is 0 Å². The number of ether oxygens (including phenoxy) is 1. The molecule has 0 aliphatic rings. The Morgan fingerprint density at radius 2 is 1.80 bits per heavy atom. The van der Waals surface area contributed by atoms with Gasteiger partial charge >= 0.3 is 16.3 Å². The van der Waals surface area contributed by atoms with E-state index in [9.17, 15) is 17.1 Å². The summed E-state index contributed by atoms with van der Waals surface area (Å²) in [7, 11) is -4.65. The molecule has 0 aliphatic carbocycles. The highest BCUT2D eigenvalue weighted by Gasteiger charge is 2.24. The van der Waals surface area contributed by atoms with E-state index in [0.717, 1.165) is 4.90 Å². The van der Waals surface area contributed by atoms with Crippen LogP contribution in [0.5, 0.6) is 0 Å². The van der Waals surface area contributed by atoms with Crippen LogP contribution in [0.3, 0.4) is 0 Å². The average molecular weight is 303 g/mol. The summed E-state index contributed by atoms with van der Waals surface area (Å²) in [6, 6.07) is 8.37. The standard InChI is InChI=1S/C13H18FNO4S/c1-13(2,3)19-12(16)15(9-10-20(14,17)18)11-7-5-4-6-8-11/h4-8H,9-10H2,1-3H3. The minimum atomic E-state index is -4.65. The molecule has 0 N–H and O–H groups in total. The van der Waals surface area contributed by atoms with Crippen molar-refractivity contribution in [2.24, 2.45) is 0 Å². The first kappa shape index (κ1) is 16.4. The predicted octanol–water partition coefficient (Wildman–Crippen LogP) is 2.73. The van der Waals surface area contributed by atoms with Gasteiger partial charge in [-0.2, -0.15) is 8.42 Å². The second-order valence-electron chi connectivity index (χ2n) is 5.21. The number of hydrogen-bond acceptors (Lipinski definition) is 4. The fourth-order valence-corrected chi connectivity index (χ4v) is 1.85. The highest BCUT2D eigenvalue weighted by atomic mass is 32.3. The predicted molar refractivity (Wildman–Crippen MR) is 74.9 cm³/mol. The van der Waals surface area contributed by atoms with Crippen molar-refractivity contribution in [3.8, 4) is 0 Å². The second-order valence-corrected chi connectivity index (χ2v) is 6.70. The summed E-state index contributed by atoms with van der Waals surface area (Å²) >= 11 is 0. The lowest BCUT2D eigenvalue weighted by Gasteiger charge is -2.27. The molecule has 5 nitrogen and oxygen atoms in total. The summed E-state index contributed by atoms with van der Waals surface area (Å²) in [5.74, 6) is -0.777. The summed E-state index contributed by atoms with van der Waals surface area (Å²) < 4.78 is 39.1. The van der Waals surface area contributed by atoms with E-state index in [4.69, 9.17) is 4.74 Å². The van der Waals surface area contributed by atoms with E-state index in [1.54, 1.807) is 51.1 Å². The number of benzene rings is 1. The van der Waals surface area contributed by atoms with Crippen LogP contribution in [-0.2, 0) is 15.0 Å². The van der Waals surface area contributed by atoms with Gasteiger partial charge in [0, 0.05) is 12.2 Å². The van der Waals surface area contributed by atoms with Crippen molar-refractivity contribution in [3.63, 3.8) is 0 Å². The van der Waals surface area contributed by atoms with Crippen molar-refractivity contribution < 1.29 is 21.8 Å². The van der Waals surface area contributed by atoms with Crippen molar-refractivity contribution >= 4 is 22.0 Å². The van der Waals surface area contributed by atoms with Gasteiger partial charge in [0.1, 0.15) is 5.60 Å². The van der Waals surface area contributed by atoms with Gasteiger partial charge in [0.05, 0.1) is 5.75 Å². The van der Waals surface area contributed by atoms with E-state index in [-0.39, 0.29) is 6.54 Å². The molecular weight excluding hydrogens is 285 g/mol. The lowest BCUT2D eigenvalue weighted by molar-refractivity contribution is 0.0582. The second kappa shape index (κ2) is 6.21. The summed E-state index contributed by atoms with van der Waals surface area (Å²) in [5.41, 5.74) is -0.274. The minimum absolute atomic E-state index is 0.308. The molecule has 1 rings (SSSR count). The third kappa shape index (κ3) is 6.01. The van der Waals surface area contributed by atoms with Crippen molar-refractivity contribution in [1.29, 1.82) is 0 Å². The Bertz CT molecular complexity index is 551. The number of carbonyl (C=O) groups is 1. The lowest BCUT2D eigenvalue weighted by Crippen LogP contribution is -2.39. The van der Waals surface area contributed by atoms with Crippen LogP contribution in [-0.4, -0.2) is 32.4 Å². The van der Waals surface area contributed by atoms with Crippen LogP contribution in [0.2, 0.25) is 0 Å². The molecule has 0 aliphatic heterocycles. The van der Waals surface area contributed by atoms with Crippen molar-refractivity contribution in [2.75, 3.05) is 17.2 Å². The van der Waals surface area contributed by atoms with Gasteiger partial charge in [-0.3, -0.25) is 4.90 Å². The number of rotatable bonds is 4. The molecule has 0 fully saturated rings. The highest BCUT2D eigenvalue weighted by Crippen LogP contribution is 2.18. The number of halogens is 1. The molecule has 0 bridgehead atoms. The van der Waals surface area contributed by atoms with E-state index in [1.807, 2.05) is 0 Å². The minimum Gasteiger partial charge on any atom is -0.443 e. The lowest BCUT2D eigenvalue weighted by atomic mass is 10.2. The molecule has 7 heteroatoms. The van der Waals surface area contributed by atoms with Crippen LogP contribution >= 0.6 is 0 Å². The van der Waals surface area contributed by atoms with E-state index >= 15 is 0 Å². The van der Waals surface area contributed by atoms with E-state index < -0.39 is 27.7 Å². The maximum Gasteiger partial charge on any atom is 0.414 e. The van der Waals surface area contributed by atoms with Crippen molar-refractivity contribution in [1.82, 2.24) is 0 Å². The molecule has 0 atom stereocenters. The zero-order chi connectivity index (χ0) is 15.4. The Labute approximate surface area is 118 Å². The molecule has 0 saturated heterocycles. The molecule has 0 unspecified atom stereocenters. The smallest absolute Gasteiger partial charge is 0.414 e. The van der Waals surface area contributed by atoms with Gasteiger partial charge in [0.25, 0.3) is 0 Å². The Hall–Kier alpha value is -1.63. The van der Waals surface area contributed by atoms with Gasteiger partial charge in [-0.1, -0.05) is 18.2 Å². The molecule has 0 spiro atoms. The topological polar surface area (TPSA) is 63.7 Å². The molecule has 0 aromatic heterocycles. The van der Waals surface area contributed by atoms with E-state index in [0.29, 0.717) is 5.69 Å². The van der Waals surface area contributed by atoms with Gasteiger partial charge < -0.3 is 4.74 Å².